The van der Waals surface area contributed by atoms with Gasteiger partial charge in [-0.25, -0.2) is 0 Å². The molecule has 1 amide bonds. The van der Waals surface area contributed by atoms with Gasteiger partial charge in [-0.15, -0.1) is 13.0 Å². The molecule has 0 aromatic rings. The summed E-state index contributed by atoms with van der Waals surface area (Å²) in [5, 5.41) is 3.02. The van der Waals surface area contributed by atoms with E-state index >= 15 is 0 Å². The zero-order valence-corrected chi connectivity index (χ0v) is 7.20. The molecule has 5 heteroatoms. The molecule has 0 aromatic carbocycles. The largest absolute Gasteiger partial charge is 0.358 e. The Morgan fingerprint density at radius 3 is 2.83 bits per heavy atom. The molecule has 0 heterocycles. The second-order valence-electron chi connectivity index (χ2n) is 1.72. The summed E-state index contributed by atoms with van der Waals surface area (Å²) in [4.78, 5) is 10.5. The Balaban J connectivity index is 3.51. The third-order valence-corrected chi connectivity index (χ3v) is 1.07. The lowest BCUT2D eigenvalue weighted by molar-refractivity contribution is -0.116. The van der Waals surface area contributed by atoms with Gasteiger partial charge in [-0.2, -0.15) is 0 Å². The van der Waals surface area contributed by atoms with Crippen LogP contribution in [-0.4, -0.2) is 17.6 Å². The van der Waals surface area contributed by atoms with Crippen LogP contribution in [0.3, 0.4) is 0 Å². The number of hydrogen-bond donors (Lipinski definition) is 3. The van der Waals surface area contributed by atoms with E-state index in [4.69, 9.17) is 18.6 Å². The van der Waals surface area contributed by atoms with Crippen molar-refractivity contribution in [2.45, 2.75) is 0 Å². The van der Waals surface area contributed by atoms with Gasteiger partial charge in [0, 0.05) is 6.54 Å². The Morgan fingerprint density at radius 2 is 2.33 bits per heavy atom. The molecule has 0 rings (SSSR count). The minimum absolute atomic E-state index is 0.290. The topological polar surface area (TPSA) is 53.2 Å². The van der Waals surface area contributed by atoms with Crippen molar-refractivity contribution in [1.82, 2.24) is 16.2 Å². The Labute approximate surface area is 76.4 Å². The monoisotopic (exact) mass is 183 g/mol. The predicted molar refractivity (Wildman–Crippen MR) is 50.9 cm³/mol. The average molecular weight is 183 g/mol. The highest BCUT2D eigenvalue weighted by Gasteiger charge is 1.94. The van der Waals surface area contributed by atoms with Crippen LogP contribution in [0.5, 0.6) is 0 Å². The SMILES string of the molecule is C#CC(=O)NNC(=S)NCC=C. The maximum Gasteiger partial charge on any atom is 0.314 e. The highest BCUT2D eigenvalue weighted by molar-refractivity contribution is 7.80. The normalized spacial score (nSPS) is 7.58. The summed E-state index contributed by atoms with van der Waals surface area (Å²) in [6.07, 6.45) is 6.41. The first kappa shape index (κ1) is 10.5. The van der Waals surface area contributed by atoms with Crippen molar-refractivity contribution in [3.8, 4) is 12.3 Å². The first-order chi connectivity index (χ1) is 5.70. The fraction of sp³-hybridized carbons (Fsp3) is 0.143. The lowest BCUT2D eigenvalue weighted by Gasteiger charge is -2.07. The quantitative estimate of drug-likeness (QED) is 0.229. The highest BCUT2D eigenvalue weighted by Crippen LogP contribution is 1.64. The van der Waals surface area contributed by atoms with E-state index in [9.17, 15) is 4.79 Å². The first-order valence-corrected chi connectivity index (χ1v) is 3.53. The van der Waals surface area contributed by atoms with Crippen LogP contribution in [0.2, 0.25) is 0 Å². The molecule has 0 spiro atoms. The number of carbonyl (C=O) groups excluding carboxylic acids is 1. The van der Waals surface area contributed by atoms with Gasteiger partial charge in [-0.05, 0) is 18.1 Å². The second kappa shape index (κ2) is 6.19. The lowest BCUT2D eigenvalue weighted by atomic mass is 10.6. The number of hydrazine groups is 1. The van der Waals surface area contributed by atoms with Crippen LogP contribution in [0.25, 0.3) is 0 Å². The van der Waals surface area contributed by atoms with Gasteiger partial charge in [0.25, 0.3) is 0 Å². The van der Waals surface area contributed by atoms with Crippen molar-refractivity contribution in [2.24, 2.45) is 0 Å². The van der Waals surface area contributed by atoms with E-state index < -0.39 is 5.91 Å². The predicted octanol–water partition coefficient (Wildman–Crippen LogP) is -0.699. The number of hydrogen-bond acceptors (Lipinski definition) is 2. The highest BCUT2D eigenvalue weighted by atomic mass is 32.1. The Morgan fingerprint density at radius 1 is 1.67 bits per heavy atom. The Kier molecular flexibility index (Phi) is 5.39. The van der Waals surface area contributed by atoms with E-state index in [-0.39, 0.29) is 0 Å². The van der Waals surface area contributed by atoms with E-state index in [1.807, 2.05) is 5.92 Å². The van der Waals surface area contributed by atoms with Crippen molar-refractivity contribution >= 4 is 23.2 Å². The third kappa shape index (κ3) is 5.26. The van der Waals surface area contributed by atoms with Crippen LogP contribution >= 0.6 is 12.2 Å². The Bertz CT molecular complexity index is 231. The van der Waals surface area contributed by atoms with Gasteiger partial charge in [0.2, 0.25) is 0 Å². The van der Waals surface area contributed by atoms with Gasteiger partial charge < -0.3 is 5.32 Å². The fourth-order valence-electron chi connectivity index (χ4n) is 0.359. The molecule has 0 aliphatic carbocycles. The van der Waals surface area contributed by atoms with E-state index in [1.165, 1.54) is 0 Å². The molecule has 0 unspecified atom stereocenters. The molecule has 0 radical (unpaired) electrons. The van der Waals surface area contributed by atoms with E-state index in [2.05, 4.69) is 22.7 Å². The lowest BCUT2D eigenvalue weighted by Crippen LogP contribution is -2.46. The van der Waals surface area contributed by atoms with Crippen molar-refractivity contribution in [3.63, 3.8) is 0 Å². The minimum Gasteiger partial charge on any atom is -0.358 e. The maximum atomic E-state index is 10.5. The molecule has 64 valence electrons. The van der Waals surface area contributed by atoms with E-state index in [1.54, 1.807) is 6.08 Å². The molecular weight excluding hydrogens is 174 g/mol. The molecule has 4 nitrogen and oxygen atoms in total. The number of terminal acetylenes is 1. The van der Waals surface area contributed by atoms with Gasteiger partial charge in [0.05, 0.1) is 0 Å². The van der Waals surface area contributed by atoms with Crippen molar-refractivity contribution < 1.29 is 4.79 Å². The number of carbonyl (C=O) groups is 1. The summed E-state index contributed by atoms with van der Waals surface area (Å²) in [6, 6.07) is 0. The van der Waals surface area contributed by atoms with E-state index in [0.29, 0.717) is 11.7 Å². The molecular formula is C7H9N3OS. The molecule has 0 aliphatic rings. The summed E-state index contributed by atoms with van der Waals surface area (Å²) < 4.78 is 0. The van der Waals surface area contributed by atoms with Crippen molar-refractivity contribution in [1.29, 1.82) is 0 Å². The number of amides is 1. The smallest absolute Gasteiger partial charge is 0.314 e. The van der Waals surface area contributed by atoms with Gasteiger partial charge in [-0.3, -0.25) is 15.6 Å². The molecule has 3 N–H and O–H groups in total. The summed E-state index contributed by atoms with van der Waals surface area (Å²) in [6.45, 7) is 4.00. The first-order valence-electron chi connectivity index (χ1n) is 3.12. The van der Waals surface area contributed by atoms with E-state index in [0.717, 1.165) is 0 Å². The number of thiocarbonyl (C=S) groups is 1. The van der Waals surface area contributed by atoms with Crippen molar-refractivity contribution in [3.05, 3.63) is 12.7 Å². The molecule has 0 atom stereocenters. The summed E-state index contributed by atoms with van der Waals surface area (Å²) >= 11 is 4.73. The average Bonchev–Trinajstić information content (AvgIpc) is 2.10. The van der Waals surface area contributed by atoms with Gasteiger partial charge in [0.1, 0.15) is 0 Å². The number of nitrogens with one attached hydrogen (secondary N) is 3. The summed E-state index contributed by atoms with van der Waals surface area (Å²) in [5.41, 5.74) is 4.58. The van der Waals surface area contributed by atoms with Crippen LogP contribution in [0, 0.1) is 12.3 Å². The molecule has 0 saturated carbocycles. The standard InChI is InChI=1S/C7H9N3OS/c1-3-5-8-7(12)10-9-6(11)4-2/h2-3H,1,5H2,(H,9,11)(H2,8,10,12). The van der Waals surface area contributed by atoms with Gasteiger partial charge >= 0.3 is 5.91 Å². The van der Waals surface area contributed by atoms with Crippen LogP contribution in [0.1, 0.15) is 0 Å². The fourth-order valence-corrected chi connectivity index (χ4v) is 0.493. The van der Waals surface area contributed by atoms with Gasteiger partial charge in [-0.1, -0.05) is 6.08 Å². The molecule has 0 bridgehead atoms. The number of rotatable bonds is 2. The summed E-state index contributed by atoms with van der Waals surface area (Å²) in [7, 11) is 0. The summed E-state index contributed by atoms with van der Waals surface area (Å²) in [5.74, 6) is 1.28. The molecule has 0 saturated heterocycles. The van der Waals surface area contributed by atoms with Crippen molar-refractivity contribution in [2.75, 3.05) is 6.54 Å². The molecule has 0 aliphatic heterocycles. The Hall–Kier alpha value is -1.54. The minimum atomic E-state index is -0.572. The third-order valence-electron chi connectivity index (χ3n) is 0.828. The molecule has 0 aromatic heterocycles. The van der Waals surface area contributed by atoms with Crippen LogP contribution < -0.4 is 16.2 Å². The maximum absolute atomic E-state index is 10.5. The van der Waals surface area contributed by atoms with Crippen LogP contribution in [0.15, 0.2) is 12.7 Å². The molecule has 0 fully saturated rings. The second-order valence-corrected chi connectivity index (χ2v) is 2.13. The zero-order chi connectivity index (χ0) is 9.40. The van der Waals surface area contributed by atoms with Crippen LogP contribution in [-0.2, 0) is 4.79 Å². The van der Waals surface area contributed by atoms with Gasteiger partial charge in [0.15, 0.2) is 5.11 Å². The molecule has 12 heavy (non-hydrogen) atoms. The van der Waals surface area contributed by atoms with Crippen LogP contribution in [0.4, 0.5) is 0 Å². The zero-order valence-electron chi connectivity index (χ0n) is 6.39.